The lowest BCUT2D eigenvalue weighted by molar-refractivity contribution is -0.132. The van der Waals surface area contributed by atoms with Crippen molar-refractivity contribution in [2.24, 2.45) is 5.41 Å². The predicted octanol–water partition coefficient (Wildman–Crippen LogP) is 6.00. The van der Waals surface area contributed by atoms with E-state index < -0.39 is 0 Å². The molecule has 3 aliphatic rings. The molecule has 1 aromatic rings. The van der Waals surface area contributed by atoms with E-state index in [2.05, 4.69) is 33.8 Å². The van der Waals surface area contributed by atoms with Crippen LogP contribution < -0.4 is 4.74 Å². The first-order valence-electron chi connectivity index (χ1n) is 10.3. The van der Waals surface area contributed by atoms with Gasteiger partial charge in [-0.1, -0.05) is 25.5 Å². The maximum absolute atomic E-state index is 11.9. The van der Waals surface area contributed by atoms with Crippen LogP contribution in [0.1, 0.15) is 100.0 Å². The predicted molar refractivity (Wildman–Crippen MR) is 106 cm³/mol. The average Bonchev–Trinajstić information content (AvgIpc) is 3.14. The molecule has 2 heteroatoms. The van der Waals surface area contributed by atoms with E-state index in [4.69, 9.17) is 4.74 Å². The zero-order valence-corrected chi connectivity index (χ0v) is 17.0. The van der Waals surface area contributed by atoms with E-state index in [-0.39, 0.29) is 5.97 Å². The highest BCUT2D eigenvalue weighted by molar-refractivity contribution is 5.73. The molecule has 26 heavy (non-hydrogen) atoms. The van der Waals surface area contributed by atoms with Gasteiger partial charge in [0.05, 0.1) is 0 Å². The van der Waals surface area contributed by atoms with Crippen LogP contribution in [0.15, 0.2) is 11.6 Å². The van der Waals surface area contributed by atoms with Gasteiger partial charge >= 0.3 is 5.97 Å². The maximum Gasteiger partial charge on any atom is 0.308 e. The molecule has 2 unspecified atom stereocenters. The molecule has 0 radical (unpaired) electrons. The van der Waals surface area contributed by atoms with Gasteiger partial charge < -0.3 is 4.74 Å². The van der Waals surface area contributed by atoms with Gasteiger partial charge in [-0.2, -0.15) is 0 Å². The first-order valence-corrected chi connectivity index (χ1v) is 10.3. The highest BCUT2D eigenvalue weighted by atomic mass is 16.5. The van der Waals surface area contributed by atoms with Crippen molar-refractivity contribution in [1.82, 2.24) is 0 Å². The van der Waals surface area contributed by atoms with E-state index in [0.717, 1.165) is 18.6 Å². The van der Waals surface area contributed by atoms with Crippen LogP contribution in [-0.4, -0.2) is 5.97 Å². The molecular formula is C24H32O2. The number of rotatable bonds is 3. The molecule has 2 nitrogen and oxygen atoms in total. The topological polar surface area (TPSA) is 26.3 Å². The molecular weight excluding hydrogens is 320 g/mol. The number of carbonyl (C=O) groups excluding carboxylic acids is 1. The van der Waals surface area contributed by atoms with Crippen molar-refractivity contribution >= 4 is 5.97 Å². The second-order valence-electron chi connectivity index (χ2n) is 9.72. The molecule has 0 aromatic heterocycles. The summed E-state index contributed by atoms with van der Waals surface area (Å²) in [6, 6.07) is 0. The fraction of sp³-hybridized carbons (Fsp3) is 0.625. The number of hydrogen-bond acceptors (Lipinski definition) is 2. The second-order valence-corrected chi connectivity index (χ2v) is 9.72. The SMILES string of the molecule is CC(=O)Oc1c(CC=C(C)C)c2c(c3c1C1CCC3C1)CC(C)(C)CC2. The summed E-state index contributed by atoms with van der Waals surface area (Å²) in [6.07, 6.45) is 10.5. The van der Waals surface area contributed by atoms with Crippen LogP contribution in [-0.2, 0) is 24.1 Å². The van der Waals surface area contributed by atoms with Crippen LogP contribution in [0.2, 0.25) is 0 Å². The highest BCUT2D eigenvalue weighted by Gasteiger charge is 2.44. The molecule has 2 bridgehead atoms. The standard InChI is InChI=1S/C24H32O2/c1-14(2)6-9-19-18-10-11-24(4,5)13-20(18)21-16-7-8-17(12-16)22(21)23(19)26-15(3)25/h6,16-17H,7-13H2,1-5H3. The van der Waals surface area contributed by atoms with Gasteiger partial charge in [-0.05, 0) is 92.7 Å². The zero-order valence-electron chi connectivity index (χ0n) is 17.0. The first kappa shape index (κ1) is 17.8. The Hall–Kier alpha value is -1.57. The first-order chi connectivity index (χ1) is 12.3. The molecule has 2 atom stereocenters. The van der Waals surface area contributed by atoms with Crippen LogP contribution in [0, 0.1) is 5.41 Å². The number of ether oxygens (including phenoxy) is 1. The number of allylic oxidation sites excluding steroid dienone is 2. The molecule has 0 N–H and O–H groups in total. The van der Waals surface area contributed by atoms with E-state index >= 15 is 0 Å². The third-order valence-corrected chi connectivity index (χ3v) is 6.78. The van der Waals surface area contributed by atoms with Crippen molar-refractivity contribution < 1.29 is 9.53 Å². The van der Waals surface area contributed by atoms with Gasteiger partial charge in [-0.15, -0.1) is 0 Å². The zero-order chi connectivity index (χ0) is 18.6. The van der Waals surface area contributed by atoms with E-state index in [9.17, 15) is 4.79 Å². The van der Waals surface area contributed by atoms with Crippen LogP contribution in [0.3, 0.4) is 0 Å². The minimum absolute atomic E-state index is 0.176. The van der Waals surface area contributed by atoms with Crippen molar-refractivity contribution in [2.75, 3.05) is 0 Å². The second kappa shape index (κ2) is 6.25. The Bertz CT molecular complexity index is 793. The Morgan fingerprint density at radius 1 is 1.12 bits per heavy atom. The van der Waals surface area contributed by atoms with E-state index in [1.165, 1.54) is 54.4 Å². The fourth-order valence-corrected chi connectivity index (χ4v) is 5.62. The number of hydrogen-bond donors (Lipinski definition) is 0. The molecule has 0 spiro atoms. The third kappa shape index (κ3) is 2.92. The van der Waals surface area contributed by atoms with E-state index in [1.807, 2.05) is 0 Å². The van der Waals surface area contributed by atoms with Crippen LogP contribution in [0.5, 0.6) is 5.75 Å². The van der Waals surface area contributed by atoms with Crippen molar-refractivity contribution in [3.63, 3.8) is 0 Å². The lowest BCUT2D eigenvalue weighted by Gasteiger charge is -2.37. The molecule has 3 aliphatic carbocycles. The summed E-state index contributed by atoms with van der Waals surface area (Å²) in [4.78, 5) is 11.9. The molecule has 1 aromatic carbocycles. The summed E-state index contributed by atoms with van der Waals surface area (Å²) >= 11 is 0. The summed E-state index contributed by atoms with van der Waals surface area (Å²) < 4.78 is 5.92. The molecule has 4 rings (SSSR count). The average molecular weight is 353 g/mol. The quantitative estimate of drug-likeness (QED) is 0.379. The molecule has 140 valence electrons. The van der Waals surface area contributed by atoms with Gasteiger partial charge in [-0.3, -0.25) is 4.79 Å². The smallest absolute Gasteiger partial charge is 0.308 e. The fourth-order valence-electron chi connectivity index (χ4n) is 5.62. The van der Waals surface area contributed by atoms with E-state index in [1.54, 1.807) is 18.1 Å². The molecule has 0 amide bonds. The number of esters is 1. The normalized spacial score (nSPS) is 24.8. The van der Waals surface area contributed by atoms with Gasteiger partial charge in [0, 0.05) is 18.1 Å². The lowest BCUT2D eigenvalue weighted by atomic mass is 9.69. The van der Waals surface area contributed by atoms with Crippen molar-refractivity contribution in [3.8, 4) is 5.75 Å². The van der Waals surface area contributed by atoms with Crippen molar-refractivity contribution in [3.05, 3.63) is 39.5 Å². The molecule has 0 saturated heterocycles. The largest absolute Gasteiger partial charge is 0.426 e. The molecule has 0 aliphatic heterocycles. The number of fused-ring (bicyclic) bond motifs is 7. The number of carbonyl (C=O) groups is 1. The van der Waals surface area contributed by atoms with Crippen molar-refractivity contribution in [1.29, 1.82) is 0 Å². The molecule has 0 heterocycles. The third-order valence-electron chi connectivity index (χ3n) is 6.78. The monoisotopic (exact) mass is 352 g/mol. The van der Waals surface area contributed by atoms with Crippen LogP contribution in [0.4, 0.5) is 0 Å². The minimum atomic E-state index is -0.176. The molecule has 1 saturated carbocycles. The lowest BCUT2D eigenvalue weighted by Crippen LogP contribution is -2.26. The van der Waals surface area contributed by atoms with Gasteiger partial charge in [0.15, 0.2) is 0 Å². The van der Waals surface area contributed by atoms with Gasteiger partial charge in [0.1, 0.15) is 5.75 Å². The maximum atomic E-state index is 11.9. The Morgan fingerprint density at radius 2 is 1.81 bits per heavy atom. The van der Waals surface area contributed by atoms with Gasteiger partial charge in [0.2, 0.25) is 0 Å². The van der Waals surface area contributed by atoms with Crippen LogP contribution >= 0.6 is 0 Å². The summed E-state index contributed by atoms with van der Waals surface area (Å²) in [6.45, 7) is 10.7. The highest BCUT2D eigenvalue weighted by Crippen LogP contribution is 2.60. The summed E-state index contributed by atoms with van der Waals surface area (Å²) in [5, 5.41) is 0. The Labute approximate surface area is 158 Å². The van der Waals surface area contributed by atoms with Crippen LogP contribution in [0.25, 0.3) is 0 Å². The summed E-state index contributed by atoms with van der Waals surface area (Å²) in [7, 11) is 0. The minimum Gasteiger partial charge on any atom is -0.426 e. The number of benzene rings is 1. The Kier molecular flexibility index (Phi) is 4.28. The van der Waals surface area contributed by atoms with E-state index in [0.29, 0.717) is 17.3 Å². The Morgan fingerprint density at radius 3 is 2.46 bits per heavy atom. The summed E-state index contributed by atoms with van der Waals surface area (Å²) in [5.41, 5.74) is 9.12. The Balaban J connectivity index is 1.96. The van der Waals surface area contributed by atoms with Gasteiger partial charge in [-0.25, -0.2) is 0 Å². The van der Waals surface area contributed by atoms with Gasteiger partial charge in [0.25, 0.3) is 0 Å². The summed E-state index contributed by atoms with van der Waals surface area (Å²) in [5.74, 6) is 2.06. The van der Waals surface area contributed by atoms with Crippen molar-refractivity contribution in [2.45, 2.75) is 91.4 Å². The molecule has 1 fully saturated rings.